The molecule has 5 nitrogen and oxygen atoms in total. The Labute approximate surface area is 129 Å². The molecule has 0 atom stereocenters. The van der Waals surface area contributed by atoms with Crippen LogP contribution < -0.4 is 10.6 Å². The van der Waals surface area contributed by atoms with Gasteiger partial charge in [0, 0.05) is 24.6 Å². The van der Waals surface area contributed by atoms with Crippen LogP contribution in [0.15, 0.2) is 36.7 Å². The smallest absolute Gasteiger partial charge is 0.258 e. The van der Waals surface area contributed by atoms with Crippen LogP contribution in [0.5, 0.6) is 0 Å². The summed E-state index contributed by atoms with van der Waals surface area (Å²) in [6.07, 6.45) is 6.26. The van der Waals surface area contributed by atoms with Gasteiger partial charge in [0.05, 0.1) is 5.56 Å². The number of nitrogens with zero attached hydrogens (tertiary/aromatic N) is 2. The standard InChI is InChI=1S/C16H19FN4O/c1-2-3-4-8-18-16-19-10-12(11-20-16)15(22)21-14-7-5-6-13(17)9-14/h5-7,9-11H,2-4,8H2,1H3,(H,21,22)(H,18,19,20). The van der Waals surface area contributed by atoms with Gasteiger partial charge < -0.3 is 10.6 Å². The van der Waals surface area contributed by atoms with E-state index in [2.05, 4.69) is 27.5 Å². The molecule has 116 valence electrons. The van der Waals surface area contributed by atoms with E-state index in [0.717, 1.165) is 25.8 Å². The van der Waals surface area contributed by atoms with Crippen molar-refractivity contribution >= 4 is 17.5 Å². The molecule has 0 aliphatic carbocycles. The molecular weight excluding hydrogens is 283 g/mol. The van der Waals surface area contributed by atoms with Crippen molar-refractivity contribution in [1.82, 2.24) is 9.97 Å². The highest BCUT2D eigenvalue weighted by atomic mass is 19.1. The number of nitrogens with one attached hydrogen (secondary N) is 2. The minimum absolute atomic E-state index is 0.323. The van der Waals surface area contributed by atoms with E-state index in [-0.39, 0.29) is 5.91 Å². The zero-order valence-electron chi connectivity index (χ0n) is 12.5. The van der Waals surface area contributed by atoms with Crippen LogP contribution in [-0.4, -0.2) is 22.4 Å². The summed E-state index contributed by atoms with van der Waals surface area (Å²) in [7, 11) is 0. The fourth-order valence-corrected chi connectivity index (χ4v) is 1.88. The molecule has 1 amide bonds. The van der Waals surface area contributed by atoms with Crippen LogP contribution in [0.2, 0.25) is 0 Å². The largest absolute Gasteiger partial charge is 0.354 e. The summed E-state index contributed by atoms with van der Waals surface area (Å²) >= 11 is 0. The van der Waals surface area contributed by atoms with Crippen LogP contribution in [0.1, 0.15) is 36.5 Å². The van der Waals surface area contributed by atoms with Gasteiger partial charge in [-0.05, 0) is 24.6 Å². The Kier molecular flexibility index (Phi) is 5.82. The number of unbranched alkanes of at least 4 members (excludes halogenated alkanes) is 2. The first kappa shape index (κ1) is 15.9. The lowest BCUT2D eigenvalue weighted by molar-refractivity contribution is 0.102. The fourth-order valence-electron chi connectivity index (χ4n) is 1.88. The number of anilines is 2. The van der Waals surface area contributed by atoms with Crippen molar-refractivity contribution in [3.8, 4) is 0 Å². The van der Waals surface area contributed by atoms with Crippen molar-refractivity contribution in [2.75, 3.05) is 17.2 Å². The average molecular weight is 302 g/mol. The molecule has 1 aromatic carbocycles. The maximum Gasteiger partial charge on any atom is 0.258 e. The number of benzene rings is 1. The number of aromatic nitrogens is 2. The molecule has 0 fully saturated rings. The van der Waals surface area contributed by atoms with Crippen LogP contribution in [0.4, 0.5) is 16.0 Å². The number of carbonyl (C=O) groups is 1. The lowest BCUT2D eigenvalue weighted by Gasteiger charge is -2.06. The molecule has 22 heavy (non-hydrogen) atoms. The second-order valence-electron chi connectivity index (χ2n) is 4.89. The van der Waals surface area contributed by atoms with Crippen LogP contribution in [0.25, 0.3) is 0 Å². The Morgan fingerprint density at radius 1 is 1.23 bits per heavy atom. The van der Waals surface area contributed by atoms with E-state index in [0.29, 0.717) is 17.2 Å². The van der Waals surface area contributed by atoms with Gasteiger partial charge in [0.1, 0.15) is 5.82 Å². The summed E-state index contributed by atoms with van der Waals surface area (Å²) in [6.45, 7) is 2.95. The Balaban J connectivity index is 1.90. The van der Waals surface area contributed by atoms with Crippen molar-refractivity contribution in [3.63, 3.8) is 0 Å². The summed E-state index contributed by atoms with van der Waals surface area (Å²) < 4.78 is 13.1. The molecule has 6 heteroatoms. The number of halogens is 1. The first-order valence-electron chi connectivity index (χ1n) is 7.32. The number of amides is 1. The van der Waals surface area contributed by atoms with Crippen molar-refractivity contribution < 1.29 is 9.18 Å². The first-order valence-corrected chi connectivity index (χ1v) is 7.32. The lowest BCUT2D eigenvalue weighted by Crippen LogP contribution is -2.13. The third-order valence-corrected chi connectivity index (χ3v) is 3.06. The molecule has 0 bridgehead atoms. The van der Waals surface area contributed by atoms with Crippen molar-refractivity contribution in [1.29, 1.82) is 0 Å². The fraction of sp³-hybridized carbons (Fsp3) is 0.312. The van der Waals surface area contributed by atoms with Crippen molar-refractivity contribution in [2.45, 2.75) is 26.2 Å². The van der Waals surface area contributed by atoms with Gasteiger partial charge in [0.25, 0.3) is 5.91 Å². The molecule has 0 spiro atoms. The molecule has 2 aromatic rings. The van der Waals surface area contributed by atoms with Gasteiger partial charge in [-0.15, -0.1) is 0 Å². The van der Waals surface area contributed by atoms with Gasteiger partial charge in [0.2, 0.25) is 5.95 Å². The third-order valence-electron chi connectivity index (χ3n) is 3.06. The predicted molar refractivity (Wildman–Crippen MR) is 84.4 cm³/mol. The molecule has 0 radical (unpaired) electrons. The van der Waals surface area contributed by atoms with E-state index < -0.39 is 5.82 Å². The van der Waals surface area contributed by atoms with E-state index >= 15 is 0 Å². The lowest BCUT2D eigenvalue weighted by atomic mass is 10.2. The van der Waals surface area contributed by atoms with Gasteiger partial charge in [0.15, 0.2) is 0 Å². The minimum Gasteiger partial charge on any atom is -0.354 e. The van der Waals surface area contributed by atoms with Gasteiger partial charge in [-0.2, -0.15) is 0 Å². The topological polar surface area (TPSA) is 66.9 Å². The van der Waals surface area contributed by atoms with E-state index in [1.165, 1.54) is 30.6 Å². The van der Waals surface area contributed by atoms with E-state index in [1.807, 2.05) is 0 Å². The summed E-state index contributed by atoms with van der Waals surface area (Å²) in [5, 5.41) is 5.70. The van der Waals surface area contributed by atoms with Crippen LogP contribution >= 0.6 is 0 Å². The maximum atomic E-state index is 13.1. The summed E-state index contributed by atoms with van der Waals surface area (Å²) in [5.41, 5.74) is 0.718. The Bertz CT molecular complexity index is 616. The normalized spacial score (nSPS) is 10.3. The van der Waals surface area contributed by atoms with E-state index in [4.69, 9.17) is 0 Å². The second-order valence-corrected chi connectivity index (χ2v) is 4.89. The molecule has 0 unspecified atom stereocenters. The quantitative estimate of drug-likeness (QED) is 0.769. The summed E-state index contributed by atoms with van der Waals surface area (Å²) in [6, 6.07) is 5.72. The average Bonchev–Trinajstić information content (AvgIpc) is 2.52. The summed E-state index contributed by atoms with van der Waals surface area (Å²) in [5.74, 6) is -0.276. The number of rotatable bonds is 7. The van der Waals surface area contributed by atoms with Gasteiger partial charge >= 0.3 is 0 Å². The molecule has 2 N–H and O–H groups in total. The molecule has 1 heterocycles. The van der Waals surface area contributed by atoms with Gasteiger partial charge in [-0.1, -0.05) is 25.8 Å². The molecule has 0 saturated carbocycles. The molecule has 1 aromatic heterocycles. The minimum atomic E-state index is -0.402. The highest BCUT2D eigenvalue weighted by molar-refractivity contribution is 6.03. The van der Waals surface area contributed by atoms with Crippen LogP contribution in [0, 0.1) is 5.82 Å². The summed E-state index contributed by atoms with van der Waals surface area (Å²) in [4.78, 5) is 20.2. The molecule has 0 aliphatic rings. The number of hydrogen-bond acceptors (Lipinski definition) is 4. The van der Waals surface area contributed by atoms with Crippen LogP contribution in [-0.2, 0) is 0 Å². The monoisotopic (exact) mass is 302 g/mol. The predicted octanol–water partition coefficient (Wildman–Crippen LogP) is 3.47. The van der Waals surface area contributed by atoms with Crippen molar-refractivity contribution in [3.05, 3.63) is 48.0 Å². The van der Waals surface area contributed by atoms with Crippen molar-refractivity contribution in [2.24, 2.45) is 0 Å². The Morgan fingerprint density at radius 3 is 2.68 bits per heavy atom. The highest BCUT2D eigenvalue weighted by Crippen LogP contribution is 2.11. The number of hydrogen-bond donors (Lipinski definition) is 2. The molecule has 0 aliphatic heterocycles. The van der Waals surface area contributed by atoms with Crippen LogP contribution in [0.3, 0.4) is 0 Å². The number of carbonyl (C=O) groups excluding carboxylic acids is 1. The van der Waals surface area contributed by atoms with Gasteiger partial charge in [-0.3, -0.25) is 4.79 Å². The third kappa shape index (κ3) is 4.80. The molecule has 0 saturated heterocycles. The maximum absolute atomic E-state index is 13.1. The van der Waals surface area contributed by atoms with E-state index in [9.17, 15) is 9.18 Å². The molecule has 2 rings (SSSR count). The Morgan fingerprint density at radius 2 is 2.00 bits per heavy atom. The second kappa shape index (κ2) is 8.07. The molecular formula is C16H19FN4O. The highest BCUT2D eigenvalue weighted by Gasteiger charge is 2.08. The first-order chi connectivity index (χ1) is 10.7. The van der Waals surface area contributed by atoms with E-state index in [1.54, 1.807) is 6.07 Å². The zero-order valence-corrected chi connectivity index (χ0v) is 12.5. The Hall–Kier alpha value is -2.50. The van der Waals surface area contributed by atoms with Gasteiger partial charge in [-0.25, -0.2) is 14.4 Å². The zero-order chi connectivity index (χ0) is 15.8. The SMILES string of the molecule is CCCCCNc1ncc(C(=O)Nc2cccc(F)c2)cn1.